The van der Waals surface area contributed by atoms with E-state index in [0.29, 0.717) is 17.4 Å². The maximum absolute atomic E-state index is 12.5. The van der Waals surface area contributed by atoms with Crippen LogP contribution in [-0.2, 0) is 18.3 Å². The van der Waals surface area contributed by atoms with Crippen LogP contribution < -0.4 is 10.5 Å². The minimum absolute atomic E-state index is 0.0419. The second-order valence-electron chi connectivity index (χ2n) is 12.5. The minimum Gasteiger partial charge on any atom is -0.481 e. The maximum atomic E-state index is 12.5. The molecule has 45 heavy (non-hydrogen) atoms. The van der Waals surface area contributed by atoms with Crippen LogP contribution in [0.25, 0.3) is 11.1 Å². The lowest BCUT2D eigenvalue weighted by Crippen LogP contribution is -2.31. The first-order chi connectivity index (χ1) is 21.3. The van der Waals surface area contributed by atoms with E-state index >= 15 is 0 Å². The molecular weight excluding hydrogens is 585 g/mol. The number of ether oxygens (including phenoxy) is 1. The molecule has 0 saturated heterocycles. The van der Waals surface area contributed by atoms with Gasteiger partial charge in [0.25, 0.3) is 0 Å². The number of benzene rings is 2. The van der Waals surface area contributed by atoms with Gasteiger partial charge in [0.15, 0.2) is 17.6 Å². The number of nitrogen functional groups attached to an aromatic ring is 1. The Morgan fingerprint density at radius 3 is 2.49 bits per heavy atom. The van der Waals surface area contributed by atoms with E-state index in [9.17, 15) is 18.0 Å². The zero-order valence-electron chi connectivity index (χ0n) is 25.3. The summed E-state index contributed by atoms with van der Waals surface area (Å²) in [6.45, 7) is 5.00. The summed E-state index contributed by atoms with van der Waals surface area (Å²) in [5.41, 5.74) is 14.1. The fourth-order valence-electron chi connectivity index (χ4n) is 6.12. The quantitative estimate of drug-likeness (QED) is 0.172. The van der Waals surface area contributed by atoms with Gasteiger partial charge in [0, 0.05) is 42.3 Å². The Morgan fingerprint density at radius 1 is 1.13 bits per heavy atom. The molecule has 3 aliphatic rings. The van der Waals surface area contributed by atoms with Crippen molar-refractivity contribution in [1.29, 1.82) is 0 Å². The number of aryl methyl sites for hydroxylation is 1. The minimum atomic E-state index is -4.49. The van der Waals surface area contributed by atoms with Gasteiger partial charge in [0.1, 0.15) is 5.75 Å². The van der Waals surface area contributed by atoms with Gasteiger partial charge in [-0.15, -0.1) is 0 Å². The highest BCUT2D eigenvalue weighted by atomic mass is 19.4. The Kier molecular flexibility index (Phi) is 7.82. The van der Waals surface area contributed by atoms with Gasteiger partial charge >= 0.3 is 12.1 Å². The topological polar surface area (TPSA) is 124 Å². The summed E-state index contributed by atoms with van der Waals surface area (Å²) in [6, 6.07) is 14.1. The van der Waals surface area contributed by atoms with Crippen LogP contribution in [0.1, 0.15) is 89.9 Å². The molecule has 0 spiro atoms. The molecule has 1 unspecified atom stereocenters. The summed E-state index contributed by atoms with van der Waals surface area (Å²) < 4.78 is 47.6. The second-order valence-corrected chi connectivity index (χ2v) is 12.5. The number of aromatic nitrogens is 3. The number of carbonyl (C=O) groups is 1. The molecule has 0 bridgehead atoms. The summed E-state index contributed by atoms with van der Waals surface area (Å²) in [7, 11) is 0. The van der Waals surface area contributed by atoms with Gasteiger partial charge in [-0.1, -0.05) is 48.5 Å². The average Bonchev–Trinajstić information content (AvgIpc) is 3.93. The van der Waals surface area contributed by atoms with Crippen LogP contribution in [0.15, 0.2) is 53.2 Å². The number of fused-ring (bicyclic) bond motifs is 3. The van der Waals surface area contributed by atoms with Crippen molar-refractivity contribution in [3.05, 3.63) is 88.3 Å². The number of carboxylic acids is 1. The Hall–Kier alpha value is -4.41. The Labute approximate surface area is 258 Å². The zero-order chi connectivity index (χ0) is 32.1. The summed E-state index contributed by atoms with van der Waals surface area (Å²) in [6.07, 6.45) is 0.733. The van der Waals surface area contributed by atoms with E-state index in [1.54, 1.807) is 0 Å². The number of hydrogen-bond acceptors (Lipinski definition) is 7. The van der Waals surface area contributed by atoms with Crippen LogP contribution in [-0.4, -0.2) is 38.5 Å². The lowest BCUT2D eigenvalue weighted by atomic mass is 9.77. The van der Waals surface area contributed by atoms with E-state index in [2.05, 4.69) is 58.4 Å². The molecule has 2 aromatic carbocycles. The fourth-order valence-corrected chi connectivity index (χ4v) is 6.12. The molecule has 2 atom stereocenters. The van der Waals surface area contributed by atoms with Gasteiger partial charge in [-0.25, -0.2) is 9.78 Å². The van der Waals surface area contributed by atoms with Crippen molar-refractivity contribution in [1.82, 2.24) is 15.1 Å². The number of anilines is 1. The van der Waals surface area contributed by atoms with E-state index in [1.807, 2.05) is 6.92 Å². The van der Waals surface area contributed by atoms with Gasteiger partial charge in [0.2, 0.25) is 5.89 Å². The normalized spacial score (nSPS) is 17.4. The molecule has 0 amide bonds. The third kappa shape index (κ3) is 6.25. The molecule has 3 N–H and O–H groups in total. The summed E-state index contributed by atoms with van der Waals surface area (Å²) in [4.78, 5) is 19.1. The number of aromatic carboxylic acids is 1. The lowest BCUT2D eigenvalue weighted by molar-refractivity contribution is -0.189. The molecule has 2 heterocycles. The van der Waals surface area contributed by atoms with Gasteiger partial charge in [-0.05, 0) is 78.7 Å². The first kappa shape index (κ1) is 30.6. The number of hydrogen-bond donors (Lipinski definition) is 2. The van der Waals surface area contributed by atoms with Crippen molar-refractivity contribution in [3.8, 4) is 16.9 Å². The lowest BCUT2D eigenvalue weighted by Gasteiger charge is -2.27. The molecule has 2 fully saturated rings. The van der Waals surface area contributed by atoms with Gasteiger partial charge < -0.3 is 20.1 Å². The molecule has 236 valence electrons. The van der Waals surface area contributed by atoms with Crippen LogP contribution in [0.5, 0.6) is 5.75 Å². The molecule has 11 heteroatoms. The number of nitrogens with two attached hydrogens (primary N) is 1. The van der Waals surface area contributed by atoms with Crippen molar-refractivity contribution >= 4 is 11.7 Å². The second kappa shape index (κ2) is 11.5. The van der Waals surface area contributed by atoms with Crippen molar-refractivity contribution < 1.29 is 32.3 Å². The largest absolute Gasteiger partial charge is 0.481 e. The number of halogens is 3. The predicted octanol–water partition coefficient (Wildman–Crippen LogP) is 7.43. The highest BCUT2D eigenvalue weighted by molar-refractivity contribution is 5.86. The first-order valence-corrected chi connectivity index (χ1v) is 15.1. The monoisotopic (exact) mass is 620 g/mol. The molecular formula is C34H35F3N4O4. The molecule has 4 aromatic rings. The molecule has 7 rings (SSSR count). The van der Waals surface area contributed by atoms with Crippen LogP contribution in [0.2, 0.25) is 0 Å². The molecule has 8 nitrogen and oxygen atoms in total. The SMILES string of the molecule is C[C@H](Oc1cc(C(=O)O)ncc1C1CC1)C(F)(F)F.Cc1nc(C(C)(Cc2ccc3c(c2N)Cc2ccccc2-3)C2CC2)no1. The number of alkyl halides is 3. The standard InChI is InChI=1S/C22H23N3O.C12H12F3NO3/c1-13-24-21(25-26-13)22(2,16-8-9-16)12-15-7-10-18-17-6-4-3-5-14(17)11-19(18)20(15)23;1-6(12(13,14)15)19-10-4-9(11(17)18)16-5-8(10)7-2-3-7/h3-7,10,16H,8-9,11-12,23H2,1-2H3;4-7H,2-3H2,1H3,(H,17,18)/t;6-/m.0/s1. The number of nitrogens with zero attached hydrogens (tertiary/aromatic N) is 3. The van der Waals surface area contributed by atoms with Gasteiger partial charge in [-0.3, -0.25) is 0 Å². The summed E-state index contributed by atoms with van der Waals surface area (Å²) >= 11 is 0. The fraction of sp³-hybridized carbons (Fsp3) is 0.412. The number of rotatable bonds is 8. The highest BCUT2D eigenvalue weighted by Crippen LogP contribution is 2.50. The smallest absolute Gasteiger partial charge is 0.425 e. The van der Waals surface area contributed by atoms with Crippen LogP contribution >= 0.6 is 0 Å². The van der Waals surface area contributed by atoms with E-state index in [-0.39, 0.29) is 22.8 Å². The van der Waals surface area contributed by atoms with Crippen LogP contribution in [0, 0.1) is 12.8 Å². The molecule has 0 aliphatic heterocycles. The van der Waals surface area contributed by atoms with Crippen molar-refractivity contribution in [3.63, 3.8) is 0 Å². The Balaban J connectivity index is 0.000000168. The van der Waals surface area contributed by atoms with E-state index in [1.165, 1.54) is 46.9 Å². The Bertz CT molecular complexity index is 1750. The third-order valence-electron chi connectivity index (χ3n) is 9.09. The van der Waals surface area contributed by atoms with E-state index in [4.69, 9.17) is 20.1 Å². The summed E-state index contributed by atoms with van der Waals surface area (Å²) in [5, 5.41) is 13.1. The average molecular weight is 621 g/mol. The first-order valence-electron chi connectivity index (χ1n) is 15.1. The third-order valence-corrected chi connectivity index (χ3v) is 9.09. The number of pyridine rings is 1. The molecule has 3 aliphatic carbocycles. The number of carboxylic acid groups (broad SMARTS) is 1. The van der Waals surface area contributed by atoms with Gasteiger partial charge in [-0.2, -0.15) is 18.2 Å². The van der Waals surface area contributed by atoms with Gasteiger partial charge in [0.05, 0.1) is 0 Å². The molecule has 2 aromatic heterocycles. The zero-order valence-corrected chi connectivity index (χ0v) is 25.3. The predicted molar refractivity (Wildman–Crippen MR) is 161 cm³/mol. The van der Waals surface area contributed by atoms with Crippen LogP contribution in [0.3, 0.4) is 0 Å². The van der Waals surface area contributed by atoms with Crippen molar-refractivity contribution in [2.75, 3.05) is 5.73 Å². The van der Waals surface area contributed by atoms with E-state index < -0.39 is 18.2 Å². The van der Waals surface area contributed by atoms with Crippen molar-refractivity contribution in [2.45, 2.75) is 82.9 Å². The maximum Gasteiger partial charge on any atom is 0.425 e. The van der Waals surface area contributed by atoms with E-state index in [0.717, 1.165) is 50.2 Å². The molecule has 0 radical (unpaired) electrons. The van der Waals surface area contributed by atoms with Crippen molar-refractivity contribution in [2.24, 2.45) is 5.92 Å². The van der Waals surface area contributed by atoms with Crippen LogP contribution in [0.4, 0.5) is 18.9 Å². The Morgan fingerprint density at radius 2 is 1.87 bits per heavy atom. The molecule has 2 saturated carbocycles. The summed E-state index contributed by atoms with van der Waals surface area (Å²) in [5.74, 6) is 0.826. The highest BCUT2D eigenvalue weighted by Gasteiger charge is 2.46.